The fourth-order valence-corrected chi connectivity index (χ4v) is 5.23. The maximum absolute atomic E-state index is 13.5. The number of aryl methyl sites for hydroxylation is 1. The van der Waals surface area contributed by atoms with Crippen LogP contribution >= 0.6 is 0 Å². The fraction of sp³-hybridized carbons (Fsp3) is 0.407. The first kappa shape index (κ1) is 23.2. The van der Waals surface area contributed by atoms with Crippen LogP contribution in [0.4, 0.5) is 5.82 Å². The van der Waals surface area contributed by atoms with E-state index < -0.39 is 0 Å². The number of carbonyl (C=O) groups excluding carboxylic acids is 2. The number of anilines is 1. The summed E-state index contributed by atoms with van der Waals surface area (Å²) in [5, 5.41) is 2.80. The van der Waals surface area contributed by atoms with Crippen molar-refractivity contribution in [1.29, 1.82) is 0 Å². The van der Waals surface area contributed by atoms with Crippen LogP contribution in [-0.4, -0.2) is 78.4 Å². The van der Waals surface area contributed by atoms with Crippen LogP contribution in [-0.2, 0) is 9.59 Å². The highest BCUT2D eigenvalue weighted by molar-refractivity contribution is 6.11. The Labute approximate surface area is 206 Å². The van der Waals surface area contributed by atoms with Gasteiger partial charge in [-0.15, -0.1) is 0 Å². The number of nitrogens with zero attached hydrogens (tertiary/aromatic N) is 5. The second-order valence-electron chi connectivity index (χ2n) is 9.52. The highest BCUT2D eigenvalue weighted by Gasteiger charge is 2.47. The van der Waals surface area contributed by atoms with Crippen LogP contribution in [0.25, 0.3) is 5.57 Å². The Balaban J connectivity index is 1.37. The lowest BCUT2D eigenvalue weighted by atomic mass is 9.86. The number of nitrogens with one attached hydrogen (secondary N) is 1. The molecule has 1 N–H and O–H groups in total. The van der Waals surface area contributed by atoms with Gasteiger partial charge in [0, 0.05) is 75.4 Å². The van der Waals surface area contributed by atoms with Crippen molar-refractivity contribution in [3.8, 4) is 0 Å². The van der Waals surface area contributed by atoms with Crippen LogP contribution in [0.2, 0.25) is 0 Å². The summed E-state index contributed by atoms with van der Waals surface area (Å²) in [4.78, 5) is 41.2. The molecule has 1 saturated heterocycles. The minimum atomic E-state index is -0.105. The van der Waals surface area contributed by atoms with E-state index in [1.807, 2.05) is 30.1 Å². The summed E-state index contributed by atoms with van der Waals surface area (Å²) in [5.41, 5.74) is 4.65. The summed E-state index contributed by atoms with van der Waals surface area (Å²) in [6.07, 6.45) is 8.23. The highest BCUT2D eigenvalue weighted by Crippen LogP contribution is 2.54. The molecule has 1 aromatic heterocycles. The van der Waals surface area contributed by atoms with Crippen molar-refractivity contribution in [3.63, 3.8) is 0 Å². The predicted molar refractivity (Wildman–Crippen MR) is 135 cm³/mol. The number of amides is 2. The lowest BCUT2D eigenvalue weighted by Crippen LogP contribution is -2.50. The molecule has 1 aromatic carbocycles. The van der Waals surface area contributed by atoms with E-state index in [4.69, 9.17) is 0 Å². The second kappa shape index (κ2) is 9.62. The van der Waals surface area contributed by atoms with Crippen molar-refractivity contribution in [2.45, 2.75) is 13.3 Å². The predicted octanol–water partition coefficient (Wildman–Crippen LogP) is 2.10. The van der Waals surface area contributed by atoms with Crippen LogP contribution in [0.5, 0.6) is 0 Å². The van der Waals surface area contributed by atoms with Crippen LogP contribution in [0.15, 0.2) is 60.2 Å². The molecule has 8 nitrogen and oxygen atoms in total. The summed E-state index contributed by atoms with van der Waals surface area (Å²) in [7, 11) is 3.53. The number of rotatable bonds is 6. The molecule has 3 aliphatic rings. The van der Waals surface area contributed by atoms with Crippen LogP contribution < -0.4 is 10.2 Å². The molecule has 2 aliphatic carbocycles. The molecule has 8 heteroatoms. The van der Waals surface area contributed by atoms with Crippen molar-refractivity contribution in [3.05, 3.63) is 71.3 Å². The van der Waals surface area contributed by atoms with E-state index in [0.29, 0.717) is 18.0 Å². The number of likely N-dealkylation sites (N-methyl/N-ethyl adjacent to an activating group) is 2. The molecule has 0 bridgehead atoms. The van der Waals surface area contributed by atoms with Crippen LogP contribution in [0.1, 0.15) is 17.5 Å². The molecule has 2 heterocycles. The van der Waals surface area contributed by atoms with E-state index in [1.54, 1.807) is 25.6 Å². The minimum absolute atomic E-state index is 0.0582. The molecule has 2 amide bonds. The van der Waals surface area contributed by atoms with E-state index in [-0.39, 0.29) is 17.7 Å². The van der Waals surface area contributed by atoms with Gasteiger partial charge >= 0.3 is 0 Å². The molecule has 1 saturated carbocycles. The van der Waals surface area contributed by atoms with Gasteiger partial charge < -0.3 is 15.1 Å². The van der Waals surface area contributed by atoms with Crippen LogP contribution in [0.3, 0.4) is 0 Å². The third-order valence-corrected chi connectivity index (χ3v) is 7.32. The standard InChI is InChI=1S/C27H32N6O2/c1-18-6-4-5-7-20(18)25-22(27(35)28-2)15-19-14-21(19)26(25)31(3)24(34)17-32-10-12-33(13-11-32)23-16-29-8-9-30-23/h4-9,15-16,19,21H,10-14,17H2,1-3H3,(H,28,35). The molecular formula is C27H32N6O2. The van der Waals surface area contributed by atoms with E-state index in [2.05, 4.69) is 44.2 Å². The number of piperazine rings is 1. The van der Waals surface area contributed by atoms with Crippen molar-refractivity contribution in [2.75, 3.05) is 51.7 Å². The third kappa shape index (κ3) is 4.58. The van der Waals surface area contributed by atoms with Gasteiger partial charge in [0.25, 0.3) is 5.91 Å². The smallest absolute Gasteiger partial charge is 0.251 e. The summed E-state index contributed by atoms with van der Waals surface area (Å²) in [6.45, 7) is 5.59. The number of aromatic nitrogens is 2. The lowest BCUT2D eigenvalue weighted by molar-refractivity contribution is -0.129. The Morgan fingerprint density at radius 1 is 1.14 bits per heavy atom. The van der Waals surface area contributed by atoms with Gasteiger partial charge in [0.05, 0.1) is 12.7 Å². The molecule has 2 atom stereocenters. The van der Waals surface area contributed by atoms with E-state index in [9.17, 15) is 9.59 Å². The molecule has 2 fully saturated rings. The van der Waals surface area contributed by atoms with Crippen molar-refractivity contribution < 1.29 is 9.59 Å². The first-order chi connectivity index (χ1) is 17.0. The number of hydrogen-bond donors (Lipinski definition) is 1. The Kier molecular flexibility index (Phi) is 6.38. The monoisotopic (exact) mass is 472 g/mol. The number of allylic oxidation sites excluding steroid dienone is 2. The molecule has 182 valence electrons. The number of benzene rings is 1. The van der Waals surface area contributed by atoms with Gasteiger partial charge in [0.1, 0.15) is 5.82 Å². The molecule has 2 unspecified atom stereocenters. The Morgan fingerprint density at radius 3 is 2.60 bits per heavy atom. The minimum Gasteiger partial charge on any atom is -0.355 e. The summed E-state index contributed by atoms with van der Waals surface area (Å²) < 4.78 is 0. The first-order valence-corrected chi connectivity index (χ1v) is 12.2. The normalized spacial score (nSPS) is 21.8. The van der Waals surface area contributed by atoms with Gasteiger partial charge in [0.15, 0.2) is 0 Å². The highest BCUT2D eigenvalue weighted by atomic mass is 16.2. The SMILES string of the molecule is CNC(=O)C1=CC2CC2C(N(C)C(=O)CN2CCN(c3cnccn3)CC2)=C1c1ccccc1C. The molecule has 1 aliphatic heterocycles. The molecule has 35 heavy (non-hydrogen) atoms. The Bertz CT molecular complexity index is 1180. The van der Waals surface area contributed by atoms with E-state index in [0.717, 1.165) is 60.8 Å². The quantitative estimate of drug-likeness (QED) is 0.694. The van der Waals surface area contributed by atoms with Crippen molar-refractivity contribution >= 4 is 23.2 Å². The lowest BCUT2D eigenvalue weighted by Gasteiger charge is -2.36. The van der Waals surface area contributed by atoms with Gasteiger partial charge in [-0.25, -0.2) is 4.98 Å². The largest absolute Gasteiger partial charge is 0.355 e. The summed E-state index contributed by atoms with van der Waals surface area (Å²) in [5.74, 6) is 1.42. The Morgan fingerprint density at radius 2 is 1.91 bits per heavy atom. The van der Waals surface area contributed by atoms with Crippen molar-refractivity contribution in [2.24, 2.45) is 11.8 Å². The number of fused-ring (bicyclic) bond motifs is 1. The maximum Gasteiger partial charge on any atom is 0.251 e. The molecule has 0 radical (unpaired) electrons. The second-order valence-corrected chi connectivity index (χ2v) is 9.52. The molecule has 0 spiro atoms. The first-order valence-electron chi connectivity index (χ1n) is 12.2. The zero-order valence-electron chi connectivity index (χ0n) is 20.6. The van der Waals surface area contributed by atoms with Crippen molar-refractivity contribution in [1.82, 2.24) is 25.1 Å². The Hall–Kier alpha value is -3.52. The molecule has 2 aromatic rings. The van der Waals surface area contributed by atoms with E-state index in [1.165, 1.54) is 0 Å². The fourth-order valence-electron chi connectivity index (χ4n) is 5.23. The van der Waals surface area contributed by atoms with Gasteiger partial charge in [-0.2, -0.15) is 0 Å². The van der Waals surface area contributed by atoms with Crippen LogP contribution in [0, 0.1) is 18.8 Å². The van der Waals surface area contributed by atoms with Gasteiger partial charge in [-0.05, 0) is 30.4 Å². The topological polar surface area (TPSA) is 81.7 Å². The zero-order chi connectivity index (χ0) is 24.5. The van der Waals surface area contributed by atoms with Gasteiger partial charge in [-0.1, -0.05) is 30.3 Å². The number of hydrogen-bond acceptors (Lipinski definition) is 6. The third-order valence-electron chi connectivity index (χ3n) is 7.32. The average molecular weight is 473 g/mol. The average Bonchev–Trinajstić information content (AvgIpc) is 3.67. The summed E-state index contributed by atoms with van der Waals surface area (Å²) in [6, 6.07) is 8.10. The van der Waals surface area contributed by atoms with Gasteiger partial charge in [-0.3, -0.25) is 19.5 Å². The zero-order valence-corrected chi connectivity index (χ0v) is 20.6. The maximum atomic E-state index is 13.5. The number of carbonyl (C=O) groups is 2. The molecule has 5 rings (SSSR count). The molecular weight excluding hydrogens is 440 g/mol. The van der Waals surface area contributed by atoms with E-state index >= 15 is 0 Å². The van der Waals surface area contributed by atoms with Gasteiger partial charge in [0.2, 0.25) is 5.91 Å². The summed E-state index contributed by atoms with van der Waals surface area (Å²) >= 11 is 0.